The molecule has 0 spiro atoms. The number of amides is 1. The van der Waals surface area contributed by atoms with Gasteiger partial charge in [0.1, 0.15) is 0 Å². The average Bonchev–Trinajstić information content (AvgIpc) is 2.28. The summed E-state index contributed by atoms with van der Waals surface area (Å²) in [6.07, 6.45) is 3.71. The number of nitrogens with two attached hydrogens (primary N) is 3. The van der Waals surface area contributed by atoms with Crippen molar-refractivity contribution in [3.63, 3.8) is 0 Å². The van der Waals surface area contributed by atoms with E-state index in [9.17, 15) is 4.79 Å². The van der Waals surface area contributed by atoms with Crippen LogP contribution in [0.1, 0.15) is 23.3 Å². The molecule has 1 saturated heterocycles. The lowest BCUT2D eigenvalue weighted by Crippen LogP contribution is -2.42. The molecule has 1 fully saturated rings. The van der Waals surface area contributed by atoms with Gasteiger partial charge in [0.25, 0.3) is 5.91 Å². The summed E-state index contributed by atoms with van der Waals surface area (Å²) in [4.78, 5) is 17.1. The Bertz CT molecular complexity index is 434. The predicted octanol–water partition coefficient (Wildman–Crippen LogP) is -0.310. The standard InChI is InChI=1S/C11H17N5O/c12-7-2-1-3-16(6-7)8-4-9(13)10(11(14)17)15-5-8/h4-5,7H,1-3,6,12-13H2,(H2,14,17)/t7-/m1/s1. The molecule has 6 nitrogen and oxygen atoms in total. The molecule has 92 valence electrons. The van der Waals surface area contributed by atoms with Crippen LogP contribution >= 0.6 is 0 Å². The maximum absolute atomic E-state index is 11.0. The molecule has 1 aromatic rings. The van der Waals surface area contributed by atoms with Crippen molar-refractivity contribution in [3.05, 3.63) is 18.0 Å². The number of nitrogens with zero attached hydrogens (tertiary/aromatic N) is 2. The third kappa shape index (κ3) is 2.47. The first-order chi connectivity index (χ1) is 8.08. The smallest absolute Gasteiger partial charge is 0.269 e. The van der Waals surface area contributed by atoms with E-state index < -0.39 is 5.91 Å². The Labute approximate surface area is 99.8 Å². The Hall–Kier alpha value is -1.82. The predicted molar refractivity (Wildman–Crippen MR) is 66.6 cm³/mol. The van der Waals surface area contributed by atoms with Gasteiger partial charge in [0.05, 0.1) is 17.6 Å². The molecule has 0 unspecified atom stereocenters. The number of rotatable bonds is 2. The highest BCUT2D eigenvalue weighted by molar-refractivity contribution is 5.96. The number of pyridine rings is 1. The van der Waals surface area contributed by atoms with E-state index in [1.165, 1.54) is 0 Å². The maximum Gasteiger partial charge on any atom is 0.269 e. The average molecular weight is 235 g/mol. The SMILES string of the molecule is NC(=O)c1ncc(N2CCC[C@@H](N)C2)cc1N. The van der Waals surface area contributed by atoms with Crippen molar-refractivity contribution in [2.75, 3.05) is 23.7 Å². The van der Waals surface area contributed by atoms with Crippen LogP contribution in [-0.2, 0) is 0 Å². The van der Waals surface area contributed by atoms with Gasteiger partial charge in [-0.3, -0.25) is 4.79 Å². The second kappa shape index (κ2) is 4.58. The molecular formula is C11H17N5O. The zero-order valence-electron chi connectivity index (χ0n) is 9.60. The molecule has 17 heavy (non-hydrogen) atoms. The molecule has 1 atom stereocenters. The zero-order chi connectivity index (χ0) is 12.4. The summed E-state index contributed by atoms with van der Waals surface area (Å²) in [5.41, 5.74) is 18.1. The molecule has 0 aliphatic carbocycles. The van der Waals surface area contributed by atoms with Crippen LogP contribution in [-0.4, -0.2) is 30.0 Å². The summed E-state index contributed by atoms with van der Waals surface area (Å²) >= 11 is 0. The second-order valence-electron chi connectivity index (χ2n) is 4.34. The molecule has 0 radical (unpaired) electrons. The molecule has 1 aromatic heterocycles. The highest BCUT2D eigenvalue weighted by Crippen LogP contribution is 2.22. The van der Waals surface area contributed by atoms with E-state index in [4.69, 9.17) is 17.2 Å². The molecule has 0 bridgehead atoms. The Morgan fingerprint density at radius 1 is 1.53 bits per heavy atom. The van der Waals surface area contributed by atoms with Crippen molar-refractivity contribution in [1.82, 2.24) is 4.98 Å². The van der Waals surface area contributed by atoms with Crippen LogP contribution in [0.3, 0.4) is 0 Å². The van der Waals surface area contributed by atoms with Gasteiger partial charge in [-0.1, -0.05) is 0 Å². The summed E-state index contributed by atoms with van der Waals surface area (Å²) < 4.78 is 0. The van der Waals surface area contributed by atoms with Crippen LogP contribution in [0, 0.1) is 0 Å². The maximum atomic E-state index is 11.0. The number of hydrogen-bond donors (Lipinski definition) is 3. The van der Waals surface area contributed by atoms with E-state index in [0.717, 1.165) is 31.6 Å². The van der Waals surface area contributed by atoms with Gasteiger partial charge in [0.15, 0.2) is 5.69 Å². The molecule has 0 saturated carbocycles. The van der Waals surface area contributed by atoms with Gasteiger partial charge in [-0.25, -0.2) is 4.98 Å². The molecule has 0 aromatic carbocycles. The van der Waals surface area contributed by atoms with Crippen LogP contribution in [0.25, 0.3) is 0 Å². The number of hydrogen-bond acceptors (Lipinski definition) is 5. The minimum Gasteiger partial charge on any atom is -0.397 e. The van der Waals surface area contributed by atoms with Crippen molar-refractivity contribution < 1.29 is 4.79 Å². The van der Waals surface area contributed by atoms with Crippen molar-refractivity contribution in [3.8, 4) is 0 Å². The van der Waals surface area contributed by atoms with Gasteiger partial charge in [-0.05, 0) is 18.9 Å². The summed E-state index contributed by atoms with van der Waals surface area (Å²) in [6, 6.07) is 1.91. The van der Waals surface area contributed by atoms with E-state index in [1.807, 2.05) is 0 Å². The topological polar surface area (TPSA) is 111 Å². The van der Waals surface area contributed by atoms with E-state index in [1.54, 1.807) is 12.3 Å². The Morgan fingerprint density at radius 2 is 2.29 bits per heavy atom. The van der Waals surface area contributed by atoms with E-state index in [0.29, 0.717) is 5.69 Å². The van der Waals surface area contributed by atoms with Crippen molar-refractivity contribution in [1.29, 1.82) is 0 Å². The zero-order valence-corrected chi connectivity index (χ0v) is 9.60. The Balaban J connectivity index is 2.22. The number of aromatic nitrogens is 1. The van der Waals surface area contributed by atoms with Gasteiger partial charge >= 0.3 is 0 Å². The highest BCUT2D eigenvalue weighted by atomic mass is 16.1. The Morgan fingerprint density at radius 3 is 2.88 bits per heavy atom. The van der Waals surface area contributed by atoms with Gasteiger partial charge in [-0.15, -0.1) is 0 Å². The number of piperidine rings is 1. The minimum absolute atomic E-state index is 0.120. The van der Waals surface area contributed by atoms with Gasteiger partial charge in [0.2, 0.25) is 0 Å². The van der Waals surface area contributed by atoms with Crippen LogP contribution in [0.2, 0.25) is 0 Å². The lowest BCUT2D eigenvalue weighted by Gasteiger charge is -2.32. The lowest BCUT2D eigenvalue weighted by molar-refractivity contribution is 0.0996. The van der Waals surface area contributed by atoms with Crippen molar-refractivity contribution in [2.45, 2.75) is 18.9 Å². The third-order valence-corrected chi connectivity index (χ3v) is 2.96. The molecule has 2 heterocycles. The minimum atomic E-state index is -0.607. The molecule has 1 amide bonds. The van der Waals surface area contributed by atoms with E-state index in [-0.39, 0.29) is 11.7 Å². The monoisotopic (exact) mass is 235 g/mol. The first-order valence-corrected chi connectivity index (χ1v) is 5.64. The normalized spacial score (nSPS) is 20.3. The first-order valence-electron chi connectivity index (χ1n) is 5.64. The lowest BCUT2D eigenvalue weighted by atomic mass is 10.1. The Kier molecular flexibility index (Phi) is 3.14. The fraction of sp³-hybridized carbons (Fsp3) is 0.455. The quantitative estimate of drug-likeness (QED) is 0.651. The number of carbonyl (C=O) groups is 1. The molecular weight excluding hydrogens is 218 g/mol. The van der Waals surface area contributed by atoms with Crippen LogP contribution in [0.5, 0.6) is 0 Å². The molecule has 1 aliphatic rings. The fourth-order valence-electron chi connectivity index (χ4n) is 2.09. The van der Waals surface area contributed by atoms with Crippen LogP contribution in [0.4, 0.5) is 11.4 Å². The van der Waals surface area contributed by atoms with Gasteiger partial charge < -0.3 is 22.1 Å². The summed E-state index contributed by atoms with van der Waals surface area (Å²) in [5, 5.41) is 0. The number of nitrogen functional groups attached to an aromatic ring is 1. The summed E-state index contributed by atoms with van der Waals surface area (Å²) in [6.45, 7) is 1.72. The number of primary amides is 1. The summed E-state index contributed by atoms with van der Waals surface area (Å²) in [7, 11) is 0. The largest absolute Gasteiger partial charge is 0.397 e. The van der Waals surface area contributed by atoms with E-state index in [2.05, 4.69) is 9.88 Å². The fourth-order valence-corrected chi connectivity index (χ4v) is 2.09. The van der Waals surface area contributed by atoms with Crippen LogP contribution in [0.15, 0.2) is 12.3 Å². The second-order valence-corrected chi connectivity index (χ2v) is 4.34. The van der Waals surface area contributed by atoms with Crippen LogP contribution < -0.4 is 22.1 Å². The number of anilines is 2. The molecule has 2 rings (SSSR count). The van der Waals surface area contributed by atoms with Gasteiger partial charge in [-0.2, -0.15) is 0 Å². The summed E-state index contributed by atoms with van der Waals surface area (Å²) in [5.74, 6) is -0.607. The van der Waals surface area contributed by atoms with Crippen molar-refractivity contribution in [2.24, 2.45) is 11.5 Å². The number of carbonyl (C=O) groups excluding carboxylic acids is 1. The first kappa shape index (κ1) is 11.7. The highest BCUT2D eigenvalue weighted by Gasteiger charge is 2.18. The molecule has 1 aliphatic heterocycles. The molecule has 6 N–H and O–H groups in total. The third-order valence-electron chi connectivity index (χ3n) is 2.96. The molecule has 6 heteroatoms. The van der Waals surface area contributed by atoms with Crippen molar-refractivity contribution >= 4 is 17.3 Å². The van der Waals surface area contributed by atoms with E-state index >= 15 is 0 Å². The van der Waals surface area contributed by atoms with Gasteiger partial charge in [0, 0.05) is 19.1 Å².